The number of nitrogens with one attached hydrogen (secondary N) is 1. The van der Waals surface area contributed by atoms with Crippen LogP contribution >= 0.6 is 11.8 Å². The van der Waals surface area contributed by atoms with Crippen LogP contribution in [0.2, 0.25) is 0 Å². The molecule has 0 spiro atoms. The van der Waals surface area contributed by atoms with Crippen molar-refractivity contribution in [2.75, 3.05) is 23.4 Å². The average Bonchev–Trinajstić information content (AvgIpc) is 3.14. The van der Waals surface area contributed by atoms with Gasteiger partial charge in [0.15, 0.2) is 5.69 Å². The highest BCUT2D eigenvalue weighted by Gasteiger charge is 2.30. The molecule has 3 amide bonds. The lowest BCUT2D eigenvalue weighted by atomic mass is 10.1. The fraction of sp³-hybridized carbons (Fsp3) is 0.174. The van der Waals surface area contributed by atoms with Crippen LogP contribution in [0.15, 0.2) is 64.2 Å². The smallest absolute Gasteiger partial charge is 0.330 e. The number of aromatic nitrogens is 2. The number of amides is 3. The number of rotatable bonds is 6. The summed E-state index contributed by atoms with van der Waals surface area (Å²) in [5.74, 6) is -0.878. The van der Waals surface area contributed by atoms with E-state index in [0.717, 1.165) is 27.1 Å². The fourth-order valence-corrected chi connectivity index (χ4v) is 4.36. The molecule has 3 aromatic rings. The van der Waals surface area contributed by atoms with E-state index in [-0.39, 0.29) is 47.1 Å². The number of hydrogen-bond acceptors (Lipinski definition) is 7. The molecule has 4 rings (SSSR count). The van der Waals surface area contributed by atoms with Gasteiger partial charge < -0.3 is 10.6 Å². The van der Waals surface area contributed by atoms with Crippen LogP contribution in [0.25, 0.3) is 0 Å². The second-order valence-electron chi connectivity index (χ2n) is 7.66. The summed E-state index contributed by atoms with van der Waals surface area (Å²) in [6, 6.07) is 15.5. The Balaban J connectivity index is 1.63. The zero-order chi connectivity index (χ0) is 24.4. The zero-order valence-electron chi connectivity index (χ0n) is 18.2. The van der Waals surface area contributed by atoms with E-state index in [1.165, 1.54) is 11.6 Å². The minimum Gasteiger partial charge on any atom is -0.383 e. The number of hydrogen-bond donors (Lipinski definition) is 2. The summed E-state index contributed by atoms with van der Waals surface area (Å²) < 4.78 is 1.19. The minimum atomic E-state index is -0.788. The molecule has 0 bridgehead atoms. The van der Waals surface area contributed by atoms with Crippen molar-refractivity contribution < 1.29 is 14.4 Å². The molecule has 1 aromatic heterocycles. The molecule has 0 saturated carbocycles. The van der Waals surface area contributed by atoms with Gasteiger partial charge in [-0.15, -0.1) is 0 Å². The van der Waals surface area contributed by atoms with Crippen LogP contribution in [-0.4, -0.2) is 44.3 Å². The van der Waals surface area contributed by atoms with Crippen molar-refractivity contribution in [2.45, 2.75) is 13.1 Å². The van der Waals surface area contributed by atoms with Crippen molar-refractivity contribution >= 4 is 40.3 Å². The Bertz CT molecular complexity index is 1380. The topological polar surface area (TPSA) is 139 Å². The monoisotopic (exact) mass is 479 g/mol. The number of anilines is 2. The molecule has 10 nitrogen and oxygen atoms in total. The highest BCUT2D eigenvalue weighted by molar-refractivity contribution is 8.14. The van der Waals surface area contributed by atoms with Crippen LogP contribution in [0.1, 0.15) is 21.5 Å². The Morgan fingerprint density at radius 2 is 1.74 bits per heavy atom. The van der Waals surface area contributed by atoms with Gasteiger partial charge in [-0.05, 0) is 23.3 Å². The molecule has 1 saturated heterocycles. The SMILES string of the molecule is CN(C(=O)c1cccc(CN2C(=O)CSC2=O)c1)c1c(N)n(Cc2ccccc2)c(=O)[nH]c1=O. The van der Waals surface area contributed by atoms with Crippen LogP contribution in [0, 0.1) is 0 Å². The number of carbonyl (C=O) groups is 3. The maximum absolute atomic E-state index is 13.2. The Labute approximate surface area is 198 Å². The van der Waals surface area contributed by atoms with Crippen molar-refractivity contribution in [3.05, 3.63) is 92.1 Å². The van der Waals surface area contributed by atoms with E-state index in [4.69, 9.17) is 5.73 Å². The van der Waals surface area contributed by atoms with E-state index >= 15 is 0 Å². The first kappa shape index (κ1) is 23.1. The number of benzene rings is 2. The molecule has 3 N–H and O–H groups in total. The summed E-state index contributed by atoms with van der Waals surface area (Å²) in [4.78, 5) is 66.4. The first-order chi connectivity index (χ1) is 16.3. The van der Waals surface area contributed by atoms with E-state index in [9.17, 15) is 24.0 Å². The van der Waals surface area contributed by atoms with E-state index in [1.54, 1.807) is 24.3 Å². The largest absolute Gasteiger partial charge is 0.383 e. The van der Waals surface area contributed by atoms with Gasteiger partial charge in [-0.25, -0.2) is 4.79 Å². The molecule has 1 aliphatic heterocycles. The number of nitrogens with two attached hydrogens (primary N) is 1. The summed E-state index contributed by atoms with van der Waals surface area (Å²) in [5, 5.41) is -0.334. The van der Waals surface area contributed by atoms with Crippen molar-refractivity contribution in [3.8, 4) is 0 Å². The molecule has 2 heterocycles. The predicted octanol–water partition coefficient (Wildman–Crippen LogP) is 1.64. The summed E-state index contributed by atoms with van der Waals surface area (Å²) >= 11 is 0.934. The van der Waals surface area contributed by atoms with Crippen molar-refractivity contribution in [2.24, 2.45) is 0 Å². The maximum atomic E-state index is 13.2. The summed E-state index contributed by atoms with van der Waals surface area (Å²) in [7, 11) is 1.39. The Morgan fingerprint density at radius 1 is 1.03 bits per heavy atom. The standard InChI is InChI=1S/C23H21N5O5S/c1-26(18-19(24)28(22(32)25-20(18)30)11-14-6-3-2-4-7-14)21(31)16-9-5-8-15(10-16)12-27-17(29)13-34-23(27)33/h2-10H,11-13,24H2,1H3,(H,25,30,32). The molecular weight excluding hydrogens is 458 g/mol. The Hall–Kier alpha value is -4.12. The Kier molecular flexibility index (Phi) is 6.37. The highest BCUT2D eigenvalue weighted by Crippen LogP contribution is 2.23. The van der Waals surface area contributed by atoms with Crippen LogP contribution in [0.4, 0.5) is 16.3 Å². The lowest BCUT2D eigenvalue weighted by Crippen LogP contribution is -2.39. The summed E-state index contributed by atoms with van der Waals surface area (Å²) in [6.45, 7) is 0.156. The van der Waals surface area contributed by atoms with Gasteiger partial charge in [0.2, 0.25) is 5.91 Å². The third kappa shape index (κ3) is 4.50. The van der Waals surface area contributed by atoms with E-state index in [2.05, 4.69) is 4.98 Å². The number of thioether (sulfide) groups is 1. The number of imide groups is 1. The molecule has 0 atom stereocenters. The van der Waals surface area contributed by atoms with Crippen LogP contribution in [0.5, 0.6) is 0 Å². The van der Waals surface area contributed by atoms with Crippen LogP contribution < -0.4 is 21.9 Å². The minimum absolute atomic E-state index is 0.0418. The van der Waals surface area contributed by atoms with Gasteiger partial charge in [0.25, 0.3) is 16.7 Å². The predicted molar refractivity (Wildman–Crippen MR) is 129 cm³/mol. The summed E-state index contributed by atoms with van der Waals surface area (Å²) in [6.07, 6.45) is 0. The molecule has 1 fully saturated rings. The second-order valence-corrected chi connectivity index (χ2v) is 8.59. The third-order valence-corrected chi connectivity index (χ3v) is 6.25. The molecule has 0 aliphatic carbocycles. The number of nitrogen functional groups attached to an aromatic ring is 1. The van der Waals surface area contributed by atoms with Crippen molar-refractivity contribution in [1.82, 2.24) is 14.5 Å². The van der Waals surface area contributed by atoms with Crippen molar-refractivity contribution in [1.29, 1.82) is 0 Å². The maximum Gasteiger partial charge on any atom is 0.330 e. The number of aromatic amines is 1. The molecule has 0 radical (unpaired) electrons. The van der Waals surface area contributed by atoms with E-state index in [0.29, 0.717) is 5.56 Å². The van der Waals surface area contributed by atoms with E-state index in [1.807, 2.05) is 30.3 Å². The number of H-pyrrole nitrogens is 1. The van der Waals surface area contributed by atoms with Crippen LogP contribution in [-0.2, 0) is 17.9 Å². The summed E-state index contributed by atoms with van der Waals surface area (Å²) in [5.41, 5.74) is 6.15. The third-order valence-electron chi connectivity index (χ3n) is 5.39. The molecule has 1 aliphatic rings. The zero-order valence-corrected chi connectivity index (χ0v) is 19.0. The first-order valence-corrected chi connectivity index (χ1v) is 11.3. The van der Waals surface area contributed by atoms with Crippen LogP contribution in [0.3, 0.4) is 0 Å². The van der Waals surface area contributed by atoms with Gasteiger partial charge >= 0.3 is 5.69 Å². The molecule has 34 heavy (non-hydrogen) atoms. The average molecular weight is 480 g/mol. The van der Waals surface area contributed by atoms with Crippen molar-refractivity contribution in [3.63, 3.8) is 0 Å². The van der Waals surface area contributed by atoms with Gasteiger partial charge in [-0.1, -0.05) is 54.2 Å². The fourth-order valence-electron chi connectivity index (χ4n) is 3.64. The number of nitrogens with zero attached hydrogens (tertiary/aromatic N) is 3. The first-order valence-electron chi connectivity index (χ1n) is 10.3. The molecule has 174 valence electrons. The van der Waals surface area contributed by atoms with Gasteiger partial charge in [0, 0.05) is 12.6 Å². The quantitative estimate of drug-likeness (QED) is 0.548. The molecule has 11 heteroatoms. The molecular formula is C23H21N5O5S. The van der Waals surface area contributed by atoms with E-state index < -0.39 is 17.2 Å². The highest BCUT2D eigenvalue weighted by atomic mass is 32.2. The van der Waals surface area contributed by atoms with Gasteiger partial charge in [0.1, 0.15) is 5.82 Å². The lowest BCUT2D eigenvalue weighted by molar-refractivity contribution is -0.125. The Morgan fingerprint density at radius 3 is 2.41 bits per heavy atom. The number of carbonyl (C=O) groups excluding carboxylic acids is 3. The molecule has 0 unspecified atom stereocenters. The molecule has 2 aromatic carbocycles. The van der Waals surface area contributed by atoms with Gasteiger partial charge in [0.05, 0.1) is 18.8 Å². The lowest BCUT2D eigenvalue weighted by Gasteiger charge is -2.21. The normalized spacial score (nSPS) is 13.4. The van der Waals surface area contributed by atoms with Gasteiger partial charge in [-0.3, -0.25) is 33.6 Å². The van der Waals surface area contributed by atoms with Gasteiger partial charge in [-0.2, -0.15) is 0 Å². The second kappa shape index (κ2) is 9.40.